The van der Waals surface area contributed by atoms with Crippen molar-refractivity contribution in [3.05, 3.63) is 70.2 Å². The highest BCUT2D eigenvalue weighted by molar-refractivity contribution is 7.13. The summed E-state index contributed by atoms with van der Waals surface area (Å²) < 4.78 is 0. The quantitative estimate of drug-likeness (QED) is 0.228. The van der Waals surface area contributed by atoms with Crippen LogP contribution < -0.4 is 10.2 Å². The van der Waals surface area contributed by atoms with Crippen molar-refractivity contribution in [1.82, 2.24) is 20.3 Å². The van der Waals surface area contributed by atoms with Crippen molar-refractivity contribution in [2.45, 2.75) is 59.5 Å². The number of amides is 2. The molecule has 4 rings (SSSR count). The van der Waals surface area contributed by atoms with E-state index in [-0.39, 0.29) is 30.7 Å². The van der Waals surface area contributed by atoms with Gasteiger partial charge in [0.1, 0.15) is 10.7 Å². The largest absolute Gasteiger partial charge is 0.355 e. The standard InChI is InChI=1S/C31H39N5O3S/c1-5-7-10-15-32-29(38)19-35(20-30(39)34(4)36-17-24-11-8-9-12-25(24)18-36)27-16-23(14-13-22(27)3)31-33-26(21-40-31)28(37)6-2/h8-9,11-14,16,21H,5-7,10,15,17-20H2,1-4H3,(H,32,38). The van der Waals surface area contributed by atoms with Crippen molar-refractivity contribution in [2.24, 2.45) is 0 Å². The molecule has 2 amide bonds. The first-order valence-corrected chi connectivity index (χ1v) is 14.9. The van der Waals surface area contributed by atoms with Crippen LogP contribution in [0.1, 0.15) is 66.7 Å². The van der Waals surface area contributed by atoms with Gasteiger partial charge in [0.05, 0.1) is 13.1 Å². The molecule has 0 atom stereocenters. The minimum Gasteiger partial charge on any atom is -0.355 e. The molecule has 0 bridgehead atoms. The van der Waals surface area contributed by atoms with E-state index in [0.717, 1.165) is 41.1 Å². The van der Waals surface area contributed by atoms with Crippen LogP contribution in [0, 0.1) is 6.92 Å². The molecule has 8 nitrogen and oxygen atoms in total. The third kappa shape index (κ3) is 7.14. The molecule has 1 N–H and O–H groups in total. The molecule has 2 aromatic carbocycles. The van der Waals surface area contributed by atoms with E-state index >= 15 is 0 Å². The normalized spacial score (nSPS) is 12.7. The molecule has 0 spiro atoms. The number of aromatic nitrogens is 1. The first-order valence-electron chi connectivity index (χ1n) is 14.0. The number of ketones is 1. The first-order chi connectivity index (χ1) is 19.3. The van der Waals surface area contributed by atoms with Gasteiger partial charge < -0.3 is 10.2 Å². The highest BCUT2D eigenvalue weighted by Crippen LogP contribution is 2.31. The number of aryl methyl sites for hydroxylation is 1. The maximum absolute atomic E-state index is 13.6. The van der Waals surface area contributed by atoms with Crippen LogP contribution in [-0.2, 0) is 22.7 Å². The van der Waals surface area contributed by atoms with E-state index in [1.807, 2.05) is 54.1 Å². The molecule has 0 unspecified atom stereocenters. The lowest BCUT2D eigenvalue weighted by molar-refractivity contribution is -0.145. The number of carbonyl (C=O) groups excluding carboxylic acids is 3. The predicted molar refractivity (Wildman–Crippen MR) is 160 cm³/mol. The predicted octanol–water partition coefficient (Wildman–Crippen LogP) is 5.21. The van der Waals surface area contributed by atoms with Gasteiger partial charge in [-0.2, -0.15) is 0 Å². The second kappa shape index (κ2) is 13.7. The van der Waals surface area contributed by atoms with Crippen molar-refractivity contribution >= 4 is 34.6 Å². The summed E-state index contributed by atoms with van der Waals surface area (Å²) in [5, 5.41) is 9.24. The number of hydrogen-bond acceptors (Lipinski definition) is 7. The molecular formula is C31H39N5O3S. The van der Waals surface area contributed by atoms with Gasteiger partial charge in [0, 0.05) is 49.7 Å². The number of rotatable bonds is 13. The Labute approximate surface area is 241 Å². The SMILES string of the molecule is CCCCCNC(=O)CN(CC(=O)N(C)N1Cc2ccccc2C1)c1cc(-c2nc(C(=O)CC)cs2)ccc1C. The van der Waals surface area contributed by atoms with Gasteiger partial charge in [0.2, 0.25) is 5.91 Å². The second-order valence-electron chi connectivity index (χ2n) is 10.2. The number of unbranched alkanes of at least 4 members (excludes halogenated alkanes) is 2. The zero-order valence-corrected chi connectivity index (χ0v) is 24.7. The summed E-state index contributed by atoms with van der Waals surface area (Å²) in [5.41, 5.74) is 5.51. The highest BCUT2D eigenvalue weighted by atomic mass is 32.1. The van der Waals surface area contributed by atoms with Gasteiger partial charge in [-0.05, 0) is 36.1 Å². The van der Waals surface area contributed by atoms with Crippen LogP contribution >= 0.6 is 11.3 Å². The van der Waals surface area contributed by atoms with Gasteiger partial charge in [-0.3, -0.25) is 19.4 Å². The van der Waals surface area contributed by atoms with Gasteiger partial charge in [-0.25, -0.2) is 9.99 Å². The summed E-state index contributed by atoms with van der Waals surface area (Å²) in [6.45, 7) is 8.01. The van der Waals surface area contributed by atoms with Crippen LogP contribution in [0.3, 0.4) is 0 Å². The number of carbonyl (C=O) groups is 3. The summed E-state index contributed by atoms with van der Waals surface area (Å²) in [5.74, 6) is -0.203. The molecule has 3 aromatic rings. The molecule has 0 radical (unpaired) electrons. The second-order valence-corrected chi connectivity index (χ2v) is 11.1. The summed E-state index contributed by atoms with van der Waals surface area (Å²) in [6, 6.07) is 14.1. The van der Waals surface area contributed by atoms with E-state index in [4.69, 9.17) is 0 Å². The average Bonchev–Trinajstić information content (AvgIpc) is 3.62. The Bertz CT molecular complexity index is 1330. The van der Waals surface area contributed by atoms with Gasteiger partial charge >= 0.3 is 0 Å². The van der Waals surface area contributed by atoms with Crippen molar-refractivity contribution in [3.8, 4) is 10.6 Å². The average molecular weight is 562 g/mol. The molecule has 1 aromatic heterocycles. The van der Waals surface area contributed by atoms with Gasteiger partial charge in [0.25, 0.3) is 5.91 Å². The number of hydrazine groups is 1. The Morgan fingerprint density at radius 1 is 1.02 bits per heavy atom. The number of likely N-dealkylation sites (N-methyl/N-ethyl adjacent to an activating group) is 1. The minimum absolute atomic E-state index is 0.00824. The molecule has 40 heavy (non-hydrogen) atoms. The molecule has 212 valence electrons. The first kappa shape index (κ1) is 29.4. The number of hydrogen-bond donors (Lipinski definition) is 1. The molecular weight excluding hydrogens is 522 g/mol. The van der Waals surface area contributed by atoms with Gasteiger partial charge in [-0.15, -0.1) is 11.3 Å². The van der Waals surface area contributed by atoms with E-state index in [2.05, 4.69) is 29.4 Å². The third-order valence-electron chi connectivity index (χ3n) is 7.28. The Morgan fingerprint density at radius 3 is 2.42 bits per heavy atom. The third-order valence-corrected chi connectivity index (χ3v) is 8.17. The fourth-order valence-electron chi connectivity index (χ4n) is 4.81. The number of fused-ring (bicyclic) bond motifs is 1. The Kier molecular flexibility index (Phi) is 10.1. The number of Topliss-reactive ketones (excluding diaryl/α,β-unsaturated/α-hetero) is 1. The number of anilines is 1. The summed E-state index contributed by atoms with van der Waals surface area (Å²) in [7, 11) is 1.79. The zero-order valence-electron chi connectivity index (χ0n) is 23.9. The molecule has 1 aliphatic heterocycles. The fourth-order valence-corrected chi connectivity index (χ4v) is 5.63. The van der Waals surface area contributed by atoms with Crippen LogP contribution in [0.2, 0.25) is 0 Å². The Balaban J connectivity index is 1.55. The maximum Gasteiger partial charge on any atom is 0.256 e. The maximum atomic E-state index is 13.6. The molecule has 0 aliphatic carbocycles. The zero-order chi connectivity index (χ0) is 28.6. The lowest BCUT2D eigenvalue weighted by Crippen LogP contribution is -2.48. The van der Waals surface area contributed by atoms with Crippen LogP contribution in [0.5, 0.6) is 0 Å². The van der Waals surface area contributed by atoms with Crippen LogP contribution in [-0.4, -0.2) is 59.3 Å². The highest BCUT2D eigenvalue weighted by Gasteiger charge is 2.27. The summed E-state index contributed by atoms with van der Waals surface area (Å²) >= 11 is 1.42. The topological polar surface area (TPSA) is 85.8 Å². The minimum atomic E-state index is -0.116. The lowest BCUT2D eigenvalue weighted by atomic mass is 10.1. The lowest BCUT2D eigenvalue weighted by Gasteiger charge is -2.32. The number of nitrogens with zero attached hydrogens (tertiary/aromatic N) is 4. The van der Waals surface area contributed by atoms with Crippen molar-refractivity contribution in [3.63, 3.8) is 0 Å². The van der Waals surface area contributed by atoms with Crippen LogP contribution in [0.25, 0.3) is 10.6 Å². The van der Waals surface area contributed by atoms with E-state index in [0.29, 0.717) is 31.7 Å². The molecule has 0 saturated heterocycles. The van der Waals surface area contributed by atoms with Crippen LogP contribution in [0.4, 0.5) is 5.69 Å². The van der Waals surface area contributed by atoms with E-state index in [1.165, 1.54) is 22.5 Å². The molecule has 1 aliphatic rings. The van der Waals surface area contributed by atoms with Crippen molar-refractivity contribution < 1.29 is 14.4 Å². The van der Waals surface area contributed by atoms with E-state index < -0.39 is 0 Å². The molecule has 9 heteroatoms. The molecule has 2 heterocycles. The number of benzene rings is 2. The Morgan fingerprint density at radius 2 is 1.75 bits per heavy atom. The smallest absolute Gasteiger partial charge is 0.256 e. The van der Waals surface area contributed by atoms with Crippen LogP contribution in [0.15, 0.2) is 47.8 Å². The van der Waals surface area contributed by atoms with Gasteiger partial charge in [0.15, 0.2) is 5.78 Å². The fraction of sp³-hybridized carbons (Fsp3) is 0.419. The Hall–Kier alpha value is -3.56. The van der Waals surface area contributed by atoms with Crippen molar-refractivity contribution in [1.29, 1.82) is 0 Å². The summed E-state index contributed by atoms with van der Waals surface area (Å²) in [4.78, 5) is 45.1. The molecule has 0 fully saturated rings. The number of thiazole rings is 1. The molecule has 0 saturated carbocycles. The number of nitrogens with one attached hydrogen (secondary N) is 1. The summed E-state index contributed by atoms with van der Waals surface area (Å²) in [6.07, 6.45) is 3.47. The van der Waals surface area contributed by atoms with E-state index in [1.54, 1.807) is 17.4 Å². The van der Waals surface area contributed by atoms with E-state index in [9.17, 15) is 14.4 Å². The van der Waals surface area contributed by atoms with Gasteiger partial charge in [-0.1, -0.05) is 63.1 Å². The van der Waals surface area contributed by atoms with Crippen molar-refractivity contribution in [2.75, 3.05) is 31.6 Å². The monoisotopic (exact) mass is 561 g/mol.